The van der Waals surface area contributed by atoms with E-state index in [-0.39, 0.29) is 10.7 Å². The lowest BCUT2D eigenvalue weighted by atomic mass is 10.2. The maximum Gasteiger partial charge on any atom is 0.319 e. The molecule has 8 heteroatoms. The highest BCUT2D eigenvalue weighted by molar-refractivity contribution is 9.10. The van der Waals surface area contributed by atoms with Crippen molar-refractivity contribution in [3.05, 3.63) is 67.6 Å². The summed E-state index contributed by atoms with van der Waals surface area (Å²) in [5.41, 5.74) is 0.959. The molecule has 0 aliphatic rings. The molecule has 2 aromatic rings. The number of nitrogens with one attached hydrogen (secondary N) is 2. The number of nitro benzene ring substituents is 1. The first kappa shape index (κ1) is 16.3. The van der Waals surface area contributed by atoms with Gasteiger partial charge in [0.25, 0.3) is 5.69 Å². The van der Waals surface area contributed by atoms with Gasteiger partial charge in [-0.05, 0) is 29.8 Å². The summed E-state index contributed by atoms with van der Waals surface area (Å²) in [4.78, 5) is 22.0. The van der Waals surface area contributed by atoms with E-state index in [0.29, 0.717) is 12.2 Å². The second-order valence-corrected chi connectivity index (χ2v) is 5.68. The standard InChI is InChI=1S/C14H11BrClN3O3/c15-10-3-1-2-9(6-10)8-17-14(20)18-11-4-5-12(16)13(7-11)19(21)22/h1-7H,8H2,(H2,17,18,20). The lowest BCUT2D eigenvalue weighted by Gasteiger charge is -2.08. The van der Waals surface area contributed by atoms with Gasteiger partial charge in [-0.25, -0.2) is 4.79 Å². The molecule has 114 valence electrons. The molecule has 0 saturated heterocycles. The summed E-state index contributed by atoms with van der Waals surface area (Å²) in [5, 5.41) is 16.0. The van der Waals surface area contributed by atoms with Crippen LogP contribution in [0.1, 0.15) is 5.56 Å². The van der Waals surface area contributed by atoms with Crippen LogP contribution in [0.5, 0.6) is 0 Å². The van der Waals surface area contributed by atoms with Gasteiger partial charge in [0.15, 0.2) is 0 Å². The molecule has 0 spiro atoms. The number of nitro groups is 1. The Morgan fingerprint density at radius 1 is 1.27 bits per heavy atom. The van der Waals surface area contributed by atoms with Crippen LogP contribution in [0.2, 0.25) is 5.02 Å². The molecule has 2 N–H and O–H groups in total. The summed E-state index contributed by atoms with van der Waals surface area (Å²) in [6.07, 6.45) is 0. The second kappa shape index (κ2) is 7.24. The Kier molecular flexibility index (Phi) is 5.35. The van der Waals surface area contributed by atoms with E-state index in [2.05, 4.69) is 26.6 Å². The molecule has 2 aromatic carbocycles. The van der Waals surface area contributed by atoms with Gasteiger partial charge < -0.3 is 10.6 Å². The monoisotopic (exact) mass is 383 g/mol. The molecule has 0 atom stereocenters. The first-order valence-electron chi connectivity index (χ1n) is 6.19. The van der Waals surface area contributed by atoms with Crippen molar-refractivity contribution in [3.8, 4) is 0 Å². The van der Waals surface area contributed by atoms with E-state index in [1.165, 1.54) is 18.2 Å². The molecule has 0 aromatic heterocycles. The quantitative estimate of drug-likeness (QED) is 0.608. The molecule has 0 heterocycles. The van der Waals surface area contributed by atoms with E-state index in [1.807, 2.05) is 24.3 Å². The maximum atomic E-state index is 11.8. The van der Waals surface area contributed by atoms with E-state index in [9.17, 15) is 14.9 Å². The van der Waals surface area contributed by atoms with E-state index < -0.39 is 11.0 Å². The molecular formula is C14H11BrClN3O3. The lowest BCUT2D eigenvalue weighted by molar-refractivity contribution is -0.384. The summed E-state index contributed by atoms with van der Waals surface area (Å²) in [6.45, 7) is 0.334. The number of carbonyl (C=O) groups excluding carboxylic acids is 1. The third-order valence-corrected chi connectivity index (χ3v) is 3.56. The Balaban J connectivity index is 1.97. The lowest BCUT2D eigenvalue weighted by Crippen LogP contribution is -2.28. The largest absolute Gasteiger partial charge is 0.334 e. The first-order valence-corrected chi connectivity index (χ1v) is 7.36. The fourth-order valence-electron chi connectivity index (χ4n) is 1.73. The summed E-state index contributed by atoms with van der Waals surface area (Å²) in [5.74, 6) is 0. The van der Waals surface area contributed by atoms with Crippen LogP contribution in [0.4, 0.5) is 16.2 Å². The van der Waals surface area contributed by atoms with E-state index >= 15 is 0 Å². The predicted octanol–water partition coefficient (Wildman–Crippen LogP) is 4.33. The number of halogens is 2. The van der Waals surface area contributed by atoms with Crippen LogP contribution >= 0.6 is 27.5 Å². The van der Waals surface area contributed by atoms with E-state index in [4.69, 9.17) is 11.6 Å². The normalized spacial score (nSPS) is 10.1. The summed E-state index contributed by atoms with van der Waals surface area (Å²) < 4.78 is 0.917. The number of urea groups is 1. The minimum Gasteiger partial charge on any atom is -0.334 e. The van der Waals surface area contributed by atoms with Gasteiger partial charge in [-0.1, -0.05) is 39.7 Å². The van der Waals surface area contributed by atoms with Crippen LogP contribution in [0, 0.1) is 10.1 Å². The average Bonchev–Trinajstić information content (AvgIpc) is 2.47. The second-order valence-electron chi connectivity index (χ2n) is 4.36. The highest BCUT2D eigenvalue weighted by Crippen LogP contribution is 2.27. The van der Waals surface area contributed by atoms with Gasteiger partial charge in [0.2, 0.25) is 0 Å². The zero-order valence-corrected chi connectivity index (χ0v) is 13.5. The van der Waals surface area contributed by atoms with Crippen LogP contribution in [-0.4, -0.2) is 11.0 Å². The van der Waals surface area contributed by atoms with Gasteiger partial charge in [-0.3, -0.25) is 10.1 Å². The molecular weight excluding hydrogens is 374 g/mol. The van der Waals surface area contributed by atoms with Gasteiger partial charge in [0, 0.05) is 22.8 Å². The Morgan fingerprint density at radius 3 is 2.73 bits per heavy atom. The Bertz CT molecular complexity index is 724. The van der Waals surface area contributed by atoms with Crippen molar-refractivity contribution in [2.45, 2.75) is 6.54 Å². The molecule has 0 saturated carbocycles. The Labute approximate surface area is 139 Å². The fraction of sp³-hybridized carbons (Fsp3) is 0.0714. The van der Waals surface area contributed by atoms with Crippen molar-refractivity contribution in [1.29, 1.82) is 0 Å². The number of hydrogen-bond acceptors (Lipinski definition) is 3. The van der Waals surface area contributed by atoms with Crippen LogP contribution < -0.4 is 10.6 Å². The molecule has 22 heavy (non-hydrogen) atoms. The van der Waals surface area contributed by atoms with Crippen molar-refractivity contribution >= 4 is 44.9 Å². The molecule has 2 rings (SSSR count). The van der Waals surface area contributed by atoms with Crippen LogP contribution in [0.15, 0.2) is 46.9 Å². The van der Waals surface area contributed by atoms with Gasteiger partial charge in [0.1, 0.15) is 5.02 Å². The molecule has 0 aliphatic heterocycles. The topological polar surface area (TPSA) is 84.3 Å². The molecule has 0 bridgehead atoms. The van der Waals surface area contributed by atoms with Gasteiger partial charge in [-0.15, -0.1) is 0 Å². The zero-order valence-electron chi connectivity index (χ0n) is 11.2. The van der Waals surface area contributed by atoms with Crippen LogP contribution in [-0.2, 0) is 6.54 Å². The van der Waals surface area contributed by atoms with E-state index in [0.717, 1.165) is 10.0 Å². The van der Waals surface area contributed by atoms with Crippen LogP contribution in [0.3, 0.4) is 0 Å². The molecule has 0 radical (unpaired) electrons. The number of amides is 2. The molecule has 0 aliphatic carbocycles. The van der Waals surface area contributed by atoms with Gasteiger partial charge >= 0.3 is 6.03 Å². The molecule has 6 nitrogen and oxygen atoms in total. The van der Waals surface area contributed by atoms with Crippen molar-refractivity contribution < 1.29 is 9.72 Å². The number of rotatable bonds is 4. The van der Waals surface area contributed by atoms with E-state index in [1.54, 1.807) is 0 Å². The maximum absolute atomic E-state index is 11.8. The molecule has 2 amide bonds. The minimum absolute atomic E-state index is 0.0186. The molecule has 0 unspecified atom stereocenters. The smallest absolute Gasteiger partial charge is 0.319 e. The Hall–Kier alpha value is -2.12. The summed E-state index contributed by atoms with van der Waals surface area (Å²) in [7, 11) is 0. The molecule has 0 fully saturated rings. The number of nitrogens with zero attached hydrogens (tertiary/aromatic N) is 1. The third kappa shape index (κ3) is 4.44. The summed E-state index contributed by atoms with van der Waals surface area (Å²) in [6, 6.07) is 11.1. The highest BCUT2D eigenvalue weighted by Gasteiger charge is 2.13. The predicted molar refractivity (Wildman–Crippen MR) is 88.1 cm³/mol. The van der Waals surface area contributed by atoms with Gasteiger partial charge in [-0.2, -0.15) is 0 Å². The van der Waals surface area contributed by atoms with Crippen molar-refractivity contribution in [2.24, 2.45) is 0 Å². The SMILES string of the molecule is O=C(NCc1cccc(Br)c1)Nc1ccc(Cl)c([N+](=O)[O-])c1. The van der Waals surface area contributed by atoms with Crippen molar-refractivity contribution in [1.82, 2.24) is 5.32 Å². The number of hydrogen-bond donors (Lipinski definition) is 2. The summed E-state index contributed by atoms with van der Waals surface area (Å²) >= 11 is 9.06. The zero-order chi connectivity index (χ0) is 16.1. The number of anilines is 1. The minimum atomic E-state index is -0.604. The number of benzene rings is 2. The third-order valence-electron chi connectivity index (χ3n) is 2.74. The number of carbonyl (C=O) groups is 1. The highest BCUT2D eigenvalue weighted by atomic mass is 79.9. The van der Waals surface area contributed by atoms with Crippen LogP contribution in [0.25, 0.3) is 0 Å². The van der Waals surface area contributed by atoms with Crippen molar-refractivity contribution in [3.63, 3.8) is 0 Å². The van der Waals surface area contributed by atoms with Crippen molar-refractivity contribution in [2.75, 3.05) is 5.32 Å². The van der Waals surface area contributed by atoms with Gasteiger partial charge in [0.05, 0.1) is 4.92 Å². The Morgan fingerprint density at radius 2 is 2.05 bits per heavy atom. The fourth-order valence-corrected chi connectivity index (χ4v) is 2.37. The average molecular weight is 385 g/mol. The first-order chi connectivity index (χ1) is 10.5.